The Hall–Kier alpha value is -0.530. The molecule has 0 aliphatic heterocycles. The molecule has 1 nitrogen and oxygen atoms in total. The van der Waals surface area contributed by atoms with Crippen LogP contribution in [-0.4, -0.2) is 11.7 Å². The molecule has 2 rings (SSSR count). The van der Waals surface area contributed by atoms with Crippen molar-refractivity contribution in [3.8, 4) is 0 Å². The van der Waals surface area contributed by atoms with Crippen molar-refractivity contribution in [2.75, 3.05) is 6.61 Å². The number of rotatable bonds is 4. The highest BCUT2D eigenvalue weighted by Gasteiger charge is 2.25. The molecule has 0 heterocycles. The molecule has 1 unspecified atom stereocenters. The van der Waals surface area contributed by atoms with Crippen molar-refractivity contribution in [3.63, 3.8) is 0 Å². The van der Waals surface area contributed by atoms with Crippen LogP contribution in [0.3, 0.4) is 0 Å². The van der Waals surface area contributed by atoms with E-state index >= 15 is 0 Å². The maximum absolute atomic E-state index is 9.55. The van der Waals surface area contributed by atoms with Crippen LogP contribution in [0.15, 0.2) is 18.2 Å². The van der Waals surface area contributed by atoms with Crippen LogP contribution in [0.4, 0.5) is 0 Å². The molecule has 94 valence electrons. The zero-order chi connectivity index (χ0) is 12.3. The van der Waals surface area contributed by atoms with E-state index in [0.717, 1.165) is 11.4 Å². The molecular formula is C15H21ClO. The normalized spacial score (nSPS) is 18.5. The van der Waals surface area contributed by atoms with Gasteiger partial charge in [-0.2, -0.15) is 0 Å². The molecule has 0 aromatic heterocycles. The molecule has 0 spiro atoms. The predicted octanol–water partition coefficient (Wildman–Crippen LogP) is 3.99. The second kappa shape index (κ2) is 5.88. The average molecular weight is 253 g/mol. The van der Waals surface area contributed by atoms with Crippen molar-refractivity contribution in [2.24, 2.45) is 11.8 Å². The molecule has 0 amide bonds. The molecule has 1 aliphatic rings. The fraction of sp³-hybridized carbons (Fsp3) is 0.600. The average Bonchev–Trinajstić information content (AvgIpc) is 2.81. The summed E-state index contributed by atoms with van der Waals surface area (Å²) in [5.41, 5.74) is 2.38. The fourth-order valence-corrected chi connectivity index (χ4v) is 3.22. The van der Waals surface area contributed by atoms with Gasteiger partial charge in [0, 0.05) is 11.6 Å². The summed E-state index contributed by atoms with van der Waals surface area (Å²) in [6.45, 7) is 2.34. The van der Waals surface area contributed by atoms with Gasteiger partial charge in [0.05, 0.1) is 0 Å². The fourth-order valence-electron chi connectivity index (χ4n) is 2.91. The summed E-state index contributed by atoms with van der Waals surface area (Å²) < 4.78 is 0. The Morgan fingerprint density at radius 1 is 1.35 bits per heavy atom. The molecule has 0 saturated heterocycles. The molecule has 1 aliphatic carbocycles. The maximum Gasteiger partial charge on any atom is 0.0465 e. The molecular weight excluding hydrogens is 232 g/mol. The van der Waals surface area contributed by atoms with Gasteiger partial charge >= 0.3 is 0 Å². The second-order valence-electron chi connectivity index (χ2n) is 5.29. The summed E-state index contributed by atoms with van der Waals surface area (Å²) in [6.07, 6.45) is 6.11. The van der Waals surface area contributed by atoms with Gasteiger partial charge in [-0.15, -0.1) is 0 Å². The molecule has 1 N–H and O–H groups in total. The minimum atomic E-state index is 0.287. The summed E-state index contributed by atoms with van der Waals surface area (Å²) in [5.74, 6) is 1.08. The van der Waals surface area contributed by atoms with Gasteiger partial charge in [-0.1, -0.05) is 49.4 Å². The van der Waals surface area contributed by atoms with Crippen molar-refractivity contribution in [1.29, 1.82) is 0 Å². The topological polar surface area (TPSA) is 20.2 Å². The van der Waals surface area contributed by atoms with Crippen LogP contribution in [0, 0.1) is 18.8 Å². The molecule has 1 aromatic rings. The highest BCUT2D eigenvalue weighted by atomic mass is 35.5. The molecule has 17 heavy (non-hydrogen) atoms. The lowest BCUT2D eigenvalue weighted by Crippen LogP contribution is -2.18. The van der Waals surface area contributed by atoms with Crippen LogP contribution in [0.2, 0.25) is 5.02 Å². The number of aliphatic hydroxyl groups is 1. The smallest absolute Gasteiger partial charge is 0.0465 e. The predicted molar refractivity (Wildman–Crippen MR) is 72.4 cm³/mol. The van der Waals surface area contributed by atoms with Gasteiger partial charge in [0.15, 0.2) is 0 Å². The van der Waals surface area contributed by atoms with Crippen LogP contribution in [0.1, 0.15) is 36.8 Å². The van der Waals surface area contributed by atoms with E-state index in [1.165, 1.54) is 36.8 Å². The Balaban J connectivity index is 2.06. The molecule has 1 saturated carbocycles. The van der Waals surface area contributed by atoms with E-state index in [-0.39, 0.29) is 6.61 Å². The number of benzene rings is 1. The van der Waals surface area contributed by atoms with Gasteiger partial charge in [0.2, 0.25) is 0 Å². The number of aryl methyl sites for hydroxylation is 1. The Labute approximate surface area is 109 Å². The van der Waals surface area contributed by atoms with E-state index in [0.29, 0.717) is 11.8 Å². The van der Waals surface area contributed by atoms with E-state index in [4.69, 9.17) is 11.6 Å². The number of aliphatic hydroxyl groups excluding tert-OH is 1. The first kappa shape index (κ1) is 12.9. The molecule has 0 radical (unpaired) electrons. The molecule has 1 fully saturated rings. The third-order valence-electron chi connectivity index (χ3n) is 3.99. The lowest BCUT2D eigenvalue weighted by Gasteiger charge is -2.21. The number of hydrogen-bond donors (Lipinski definition) is 1. The van der Waals surface area contributed by atoms with Crippen LogP contribution in [0.25, 0.3) is 0 Å². The summed E-state index contributed by atoms with van der Waals surface area (Å²) in [6, 6.07) is 6.22. The van der Waals surface area contributed by atoms with Crippen molar-refractivity contribution < 1.29 is 5.11 Å². The van der Waals surface area contributed by atoms with Crippen LogP contribution in [-0.2, 0) is 6.42 Å². The minimum absolute atomic E-state index is 0.287. The second-order valence-corrected chi connectivity index (χ2v) is 5.69. The highest BCUT2D eigenvalue weighted by molar-refractivity contribution is 6.31. The first-order valence-electron chi connectivity index (χ1n) is 6.56. The minimum Gasteiger partial charge on any atom is -0.396 e. The number of halogens is 1. The van der Waals surface area contributed by atoms with Gasteiger partial charge < -0.3 is 5.11 Å². The van der Waals surface area contributed by atoms with E-state index in [2.05, 4.69) is 19.1 Å². The first-order valence-corrected chi connectivity index (χ1v) is 6.94. The summed E-state index contributed by atoms with van der Waals surface area (Å²) in [4.78, 5) is 0. The Morgan fingerprint density at radius 2 is 2.06 bits per heavy atom. The van der Waals surface area contributed by atoms with Crippen molar-refractivity contribution in [3.05, 3.63) is 34.3 Å². The van der Waals surface area contributed by atoms with E-state index in [1.54, 1.807) is 0 Å². The van der Waals surface area contributed by atoms with Gasteiger partial charge in [-0.05, 0) is 42.4 Å². The van der Waals surface area contributed by atoms with E-state index < -0.39 is 0 Å². The standard InChI is InChI=1S/C15H21ClO/c1-11-6-7-13(15(16)8-11)9-14(10-17)12-4-2-3-5-12/h6-8,12,14,17H,2-5,9-10H2,1H3. The molecule has 2 heteroatoms. The Bertz CT molecular complexity index is 369. The zero-order valence-electron chi connectivity index (χ0n) is 10.5. The molecule has 0 bridgehead atoms. The van der Waals surface area contributed by atoms with Crippen LogP contribution < -0.4 is 0 Å². The van der Waals surface area contributed by atoms with Crippen molar-refractivity contribution >= 4 is 11.6 Å². The summed E-state index contributed by atoms with van der Waals surface area (Å²) in [7, 11) is 0. The van der Waals surface area contributed by atoms with Crippen LogP contribution in [0.5, 0.6) is 0 Å². The van der Waals surface area contributed by atoms with Gasteiger partial charge in [-0.3, -0.25) is 0 Å². The van der Waals surface area contributed by atoms with Crippen LogP contribution >= 0.6 is 11.6 Å². The van der Waals surface area contributed by atoms with E-state index in [1.807, 2.05) is 6.07 Å². The largest absolute Gasteiger partial charge is 0.396 e. The van der Waals surface area contributed by atoms with Gasteiger partial charge in [0.25, 0.3) is 0 Å². The Morgan fingerprint density at radius 3 is 2.65 bits per heavy atom. The monoisotopic (exact) mass is 252 g/mol. The van der Waals surface area contributed by atoms with Gasteiger partial charge in [-0.25, -0.2) is 0 Å². The maximum atomic E-state index is 9.55. The molecule has 1 atom stereocenters. The summed E-state index contributed by atoms with van der Waals surface area (Å²) >= 11 is 6.26. The van der Waals surface area contributed by atoms with Crippen molar-refractivity contribution in [2.45, 2.75) is 39.0 Å². The SMILES string of the molecule is Cc1ccc(CC(CO)C2CCCC2)c(Cl)c1. The Kier molecular flexibility index (Phi) is 4.47. The number of hydrogen-bond acceptors (Lipinski definition) is 1. The third kappa shape index (κ3) is 3.23. The quantitative estimate of drug-likeness (QED) is 0.859. The summed E-state index contributed by atoms with van der Waals surface area (Å²) in [5, 5.41) is 10.4. The van der Waals surface area contributed by atoms with Crippen molar-refractivity contribution in [1.82, 2.24) is 0 Å². The third-order valence-corrected chi connectivity index (χ3v) is 4.34. The first-order chi connectivity index (χ1) is 8.20. The highest BCUT2D eigenvalue weighted by Crippen LogP contribution is 2.34. The van der Waals surface area contributed by atoms with Gasteiger partial charge in [0.1, 0.15) is 0 Å². The lowest BCUT2D eigenvalue weighted by atomic mass is 9.86. The molecule has 1 aromatic carbocycles. The zero-order valence-corrected chi connectivity index (χ0v) is 11.2. The van der Waals surface area contributed by atoms with E-state index in [9.17, 15) is 5.11 Å². The lowest BCUT2D eigenvalue weighted by molar-refractivity contribution is 0.175.